The second kappa shape index (κ2) is 5.86. The van der Waals surface area contributed by atoms with E-state index in [0.717, 1.165) is 12.1 Å². The van der Waals surface area contributed by atoms with Gasteiger partial charge in [0.15, 0.2) is 0 Å². The van der Waals surface area contributed by atoms with Gasteiger partial charge in [0.25, 0.3) is 5.91 Å². The van der Waals surface area contributed by atoms with Crippen molar-refractivity contribution in [2.45, 2.75) is 51.0 Å². The van der Waals surface area contributed by atoms with E-state index in [1.165, 1.54) is 44.9 Å². The van der Waals surface area contributed by atoms with Crippen molar-refractivity contribution in [2.75, 3.05) is 12.3 Å². The summed E-state index contributed by atoms with van der Waals surface area (Å²) in [5, 5.41) is 0. The Morgan fingerprint density at radius 1 is 1.05 bits per heavy atom. The van der Waals surface area contributed by atoms with Gasteiger partial charge in [-0.3, -0.25) is 4.79 Å². The van der Waals surface area contributed by atoms with Gasteiger partial charge in [-0.15, -0.1) is 0 Å². The SMILES string of the molecule is Nc1ccc(C(=O)N(CC2CCCCC2)C2CC2)cc1. The average Bonchev–Trinajstić information content (AvgIpc) is 3.30. The molecule has 108 valence electrons. The number of carbonyl (C=O) groups excluding carboxylic acids is 1. The second-order valence-corrected chi connectivity index (χ2v) is 6.31. The number of amides is 1. The van der Waals surface area contributed by atoms with E-state index in [1.54, 1.807) is 0 Å². The zero-order chi connectivity index (χ0) is 13.9. The van der Waals surface area contributed by atoms with Gasteiger partial charge in [0.1, 0.15) is 0 Å². The molecule has 2 aliphatic rings. The lowest BCUT2D eigenvalue weighted by molar-refractivity contribution is 0.0699. The Labute approximate surface area is 121 Å². The fourth-order valence-corrected chi connectivity index (χ4v) is 3.22. The Morgan fingerprint density at radius 3 is 2.30 bits per heavy atom. The maximum atomic E-state index is 12.7. The molecule has 0 heterocycles. The highest BCUT2D eigenvalue weighted by molar-refractivity contribution is 5.95. The maximum absolute atomic E-state index is 12.7. The highest BCUT2D eigenvalue weighted by atomic mass is 16.2. The molecule has 0 radical (unpaired) electrons. The number of nitrogen functional groups attached to an aromatic ring is 1. The summed E-state index contributed by atoms with van der Waals surface area (Å²) in [5.74, 6) is 0.903. The maximum Gasteiger partial charge on any atom is 0.254 e. The Morgan fingerprint density at radius 2 is 1.70 bits per heavy atom. The molecule has 0 bridgehead atoms. The van der Waals surface area contributed by atoms with Crippen LogP contribution in [0.5, 0.6) is 0 Å². The summed E-state index contributed by atoms with van der Waals surface area (Å²) >= 11 is 0. The highest BCUT2D eigenvalue weighted by Crippen LogP contribution is 2.32. The molecule has 1 amide bonds. The van der Waals surface area contributed by atoms with Crippen molar-refractivity contribution in [1.29, 1.82) is 0 Å². The summed E-state index contributed by atoms with van der Waals surface area (Å²) in [6.07, 6.45) is 8.96. The van der Waals surface area contributed by atoms with Gasteiger partial charge < -0.3 is 10.6 Å². The van der Waals surface area contributed by atoms with Crippen molar-refractivity contribution in [3.63, 3.8) is 0 Å². The molecule has 2 fully saturated rings. The zero-order valence-electron chi connectivity index (χ0n) is 12.1. The van der Waals surface area contributed by atoms with Gasteiger partial charge >= 0.3 is 0 Å². The lowest BCUT2D eigenvalue weighted by Gasteiger charge is -2.30. The number of nitrogens with zero attached hydrogens (tertiary/aromatic N) is 1. The first-order valence-corrected chi connectivity index (χ1v) is 7.90. The van der Waals surface area contributed by atoms with Gasteiger partial charge in [0.05, 0.1) is 0 Å². The molecule has 2 saturated carbocycles. The molecule has 2 N–H and O–H groups in total. The second-order valence-electron chi connectivity index (χ2n) is 6.31. The molecule has 1 aromatic rings. The fraction of sp³-hybridized carbons (Fsp3) is 0.588. The van der Waals surface area contributed by atoms with E-state index < -0.39 is 0 Å². The minimum Gasteiger partial charge on any atom is -0.399 e. The van der Waals surface area contributed by atoms with Crippen LogP contribution in [0.3, 0.4) is 0 Å². The number of hydrogen-bond acceptors (Lipinski definition) is 2. The smallest absolute Gasteiger partial charge is 0.254 e. The van der Waals surface area contributed by atoms with E-state index in [1.807, 2.05) is 24.3 Å². The fourth-order valence-electron chi connectivity index (χ4n) is 3.22. The molecule has 0 saturated heterocycles. The Kier molecular flexibility index (Phi) is 3.95. The lowest BCUT2D eigenvalue weighted by atomic mass is 9.89. The Balaban J connectivity index is 1.69. The minimum atomic E-state index is 0.193. The molecule has 3 nitrogen and oxygen atoms in total. The molecular formula is C17H24N2O. The van der Waals surface area contributed by atoms with E-state index >= 15 is 0 Å². The minimum absolute atomic E-state index is 0.193. The largest absolute Gasteiger partial charge is 0.399 e. The molecule has 3 heteroatoms. The first kappa shape index (κ1) is 13.5. The van der Waals surface area contributed by atoms with Gasteiger partial charge in [0.2, 0.25) is 0 Å². The van der Waals surface area contributed by atoms with Crippen LogP contribution in [0.1, 0.15) is 55.3 Å². The topological polar surface area (TPSA) is 46.3 Å². The van der Waals surface area contributed by atoms with Crippen LogP contribution in [0.25, 0.3) is 0 Å². The summed E-state index contributed by atoms with van der Waals surface area (Å²) < 4.78 is 0. The molecule has 0 unspecified atom stereocenters. The lowest BCUT2D eigenvalue weighted by Crippen LogP contribution is -2.37. The summed E-state index contributed by atoms with van der Waals surface area (Å²) in [5.41, 5.74) is 7.19. The van der Waals surface area contributed by atoms with Gasteiger partial charge in [0, 0.05) is 23.8 Å². The van der Waals surface area contributed by atoms with E-state index in [-0.39, 0.29) is 5.91 Å². The summed E-state index contributed by atoms with van der Waals surface area (Å²) in [7, 11) is 0. The molecule has 3 rings (SSSR count). The van der Waals surface area contributed by atoms with Crippen molar-refractivity contribution >= 4 is 11.6 Å². The monoisotopic (exact) mass is 272 g/mol. The average molecular weight is 272 g/mol. The van der Waals surface area contributed by atoms with Crippen LogP contribution >= 0.6 is 0 Å². The standard InChI is InChI=1S/C17H24N2O/c18-15-8-6-14(7-9-15)17(20)19(16-10-11-16)12-13-4-2-1-3-5-13/h6-9,13,16H,1-5,10-12,18H2. The van der Waals surface area contributed by atoms with Crippen molar-refractivity contribution < 1.29 is 4.79 Å². The third-order valence-electron chi connectivity index (χ3n) is 4.59. The summed E-state index contributed by atoms with van der Waals surface area (Å²) in [6, 6.07) is 7.83. The number of hydrogen-bond donors (Lipinski definition) is 1. The number of anilines is 1. The molecular weight excluding hydrogens is 248 g/mol. The molecule has 1 aromatic carbocycles. The van der Waals surface area contributed by atoms with Crippen LogP contribution in [-0.2, 0) is 0 Å². The van der Waals surface area contributed by atoms with E-state index in [0.29, 0.717) is 17.6 Å². The van der Waals surface area contributed by atoms with Crippen molar-refractivity contribution in [1.82, 2.24) is 4.90 Å². The molecule has 0 atom stereocenters. The first-order valence-electron chi connectivity index (χ1n) is 7.90. The number of benzene rings is 1. The van der Waals surface area contributed by atoms with Crippen molar-refractivity contribution in [3.8, 4) is 0 Å². The first-order chi connectivity index (χ1) is 9.74. The van der Waals surface area contributed by atoms with Crippen LogP contribution < -0.4 is 5.73 Å². The quantitative estimate of drug-likeness (QED) is 0.853. The molecule has 2 aliphatic carbocycles. The van der Waals surface area contributed by atoms with Crippen LogP contribution in [-0.4, -0.2) is 23.4 Å². The summed E-state index contributed by atoms with van der Waals surface area (Å²) in [4.78, 5) is 14.8. The number of carbonyl (C=O) groups is 1. The van der Waals surface area contributed by atoms with Crippen LogP contribution in [0.15, 0.2) is 24.3 Å². The van der Waals surface area contributed by atoms with Gasteiger partial charge in [-0.25, -0.2) is 0 Å². The van der Waals surface area contributed by atoms with E-state index in [4.69, 9.17) is 5.73 Å². The van der Waals surface area contributed by atoms with E-state index in [2.05, 4.69) is 4.90 Å². The summed E-state index contributed by atoms with van der Waals surface area (Å²) in [6.45, 7) is 0.952. The van der Waals surface area contributed by atoms with Crippen LogP contribution in [0.4, 0.5) is 5.69 Å². The van der Waals surface area contributed by atoms with E-state index in [9.17, 15) is 4.79 Å². The molecule has 20 heavy (non-hydrogen) atoms. The van der Waals surface area contributed by atoms with Gasteiger partial charge in [-0.1, -0.05) is 19.3 Å². The third kappa shape index (κ3) is 3.14. The Hall–Kier alpha value is -1.51. The molecule has 0 spiro atoms. The molecule has 0 aromatic heterocycles. The van der Waals surface area contributed by atoms with Gasteiger partial charge in [-0.2, -0.15) is 0 Å². The van der Waals surface area contributed by atoms with Gasteiger partial charge in [-0.05, 0) is 55.9 Å². The third-order valence-corrected chi connectivity index (χ3v) is 4.59. The van der Waals surface area contributed by atoms with Crippen LogP contribution in [0, 0.1) is 5.92 Å². The predicted octanol–water partition coefficient (Wildman–Crippen LogP) is 3.45. The van der Waals surface area contributed by atoms with Crippen molar-refractivity contribution in [3.05, 3.63) is 29.8 Å². The Bertz CT molecular complexity index is 458. The van der Waals surface area contributed by atoms with Crippen LogP contribution in [0.2, 0.25) is 0 Å². The zero-order valence-corrected chi connectivity index (χ0v) is 12.1. The molecule has 0 aliphatic heterocycles. The normalized spacial score (nSPS) is 19.8. The predicted molar refractivity (Wildman–Crippen MR) is 81.5 cm³/mol. The van der Waals surface area contributed by atoms with Crippen molar-refractivity contribution in [2.24, 2.45) is 5.92 Å². The number of rotatable bonds is 4. The highest BCUT2D eigenvalue weighted by Gasteiger charge is 2.34. The number of nitrogens with two attached hydrogens (primary N) is 1.